The maximum atomic E-state index is 5.22. The van der Waals surface area contributed by atoms with Gasteiger partial charge in [-0.15, -0.1) is 0 Å². The maximum Gasteiger partial charge on any atom is 0.202 e. The maximum absolute atomic E-state index is 5.22. The number of methoxy groups -OCH3 is 1. The Hall–Kier alpha value is -0.680. The van der Waals surface area contributed by atoms with Gasteiger partial charge >= 0.3 is 0 Å². The summed E-state index contributed by atoms with van der Waals surface area (Å²) in [6, 6.07) is 0.517. The predicted octanol–water partition coefficient (Wildman–Crippen LogP) is 2.25. The highest BCUT2D eigenvalue weighted by molar-refractivity contribution is 7.09. The standard InChI is InChI=1S/C10H17N3OS/c1-6(2)9-12-10(15-13-9)11-7-4-8(5-7)14-3/h6-8H,4-5H2,1-3H3,(H,11,12,13). The summed E-state index contributed by atoms with van der Waals surface area (Å²) in [6.07, 6.45) is 2.58. The van der Waals surface area contributed by atoms with Crippen molar-refractivity contribution in [3.8, 4) is 0 Å². The molecule has 0 spiro atoms. The number of anilines is 1. The van der Waals surface area contributed by atoms with Crippen LogP contribution in [0.2, 0.25) is 0 Å². The number of hydrogen-bond donors (Lipinski definition) is 1. The highest BCUT2D eigenvalue weighted by Gasteiger charge is 2.29. The van der Waals surface area contributed by atoms with Crippen molar-refractivity contribution < 1.29 is 4.74 Å². The molecule has 1 saturated carbocycles. The molecule has 1 heterocycles. The second-order valence-electron chi connectivity index (χ2n) is 4.28. The largest absolute Gasteiger partial charge is 0.381 e. The van der Waals surface area contributed by atoms with Crippen molar-refractivity contribution >= 4 is 16.7 Å². The van der Waals surface area contributed by atoms with Crippen molar-refractivity contribution in [2.45, 2.75) is 44.8 Å². The van der Waals surface area contributed by atoms with E-state index in [1.165, 1.54) is 11.5 Å². The summed E-state index contributed by atoms with van der Waals surface area (Å²) in [5, 5.41) is 4.33. The lowest BCUT2D eigenvalue weighted by molar-refractivity contribution is 0.0328. The summed E-state index contributed by atoms with van der Waals surface area (Å²) < 4.78 is 9.53. The Morgan fingerprint density at radius 3 is 2.73 bits per heavy atom. The molecule has 0 saturated heterocycles. The van der Waals surface area contributed by atoms with Gasteiger partial charge in [-0.1, -0.05) is 13.8 Å². The quantitative estimate of drug-likeness (QED) is 0.857. The van der Waals surface area contributed by atoms with Crippen LogP contribution in [-0.4, -0.2) is 28.6 Å². The topological polar surface area (TPSA) is 47.0 Å². The van der Waals surface area contributed by atoms with Crippen molar-refractivity contribution in [1.29, 1.82) is 0 Å². The Balaban J connectivity index is 1.84. The second-order valence-corrected chi connectivity index (χ2v) is 5.03. The van der Waals surface area contributed by atoms with Crippen LogP contribution in [0, 0.1) is 0 Å². The van der Waals surface area contributed by atoms with E-state index in [2.05, 4.69) is 28.5 Å². The smallest absolute Gasteiger partial charge is 0.202 e. The van der Waals surface area contributed by atoms with Gasteiger partial charge in [0, 0.05) is 30.6 Å². The molecule has 1 aliphatic carbocycles. The SMILES string of the molecule is COC1CC(Nc2nc(C(C)C)ns2)C1. The van der Waals surface area contributed by atoms with Crippen LogP contribution in [0.5, 0.6) is 0 Å². The van der Waals surface area contributed by atoms with Crippen LogP contribution in [0.1, 0.15) is 38.4 Å². The molecule has 0 bridgehead atoms. The molecule has 1 N–H and O–H groups in total. The molecule has 84 valence electrons. The van der Waals surface area contributed by atoms with Crippen molar-refractivity contribution in [2.75, 3.05) is 12.4 Å². The molecule has 0 unspecified atom stereocenters. The van der Waals surface area contributed by atoms with Crippen molar-refractivity contribution in [3.05, 3.63) is 5.82 Å². The van der Waals surface area contributed by atoms with Crippen LogP contribution in [0.25, 0.3) is 0 Å². The van der Waals surface area contributed by atoms with E-state index in [0.717, 1.165) is 23.8 Å². The molecule has 4 nitrogen and oxygen atoms in total. The van der Waals surface area contributed by atoms with Gasteiger partial charge in [-0.25, -0.2) is 4.98 Å². The highest BCUT2D eigenvalue weighted by atomic mass is 32.1. The van der Waals surface area contributed by atoms with Crippen LogP contribution in [-0.2, 0) is 4.74 Å². The molecular formula is C10H17N3OS. The van der Waals surface area contributed by atoms with E-state index in [4.69, 9.17) is 4.74 Å². The summed E-state index contributed by atoms with van der Waals surface area (Å²) >= 11 is 1.45. The summed E-state index contributed by atoms with van der Waals surface area (Å²) in [6.45, 7) is 4.21. The number of nitrogens with one attached hydrogen (secondary N) is 1. The molecule has 0 aromatic carbocycles. The molecule has 1 aromatic heterocycles. The fraction of sp³-hybridized carbons (Fsp3) is 0.800. The Bertz CT molecular complexity index is 320. The zero-order valence-electron chi connectivity index (χ0n) is 9.36. The van der Waals surface area contributed by atoms with Crippen LogP contribution in [0.4, 0.5) is 5.13 Å². The first-order valence-electron chi connectivity index (χ1n) is 5.32. The molecular weight excluding hydrogens is 210 g/mol. The third-order valence-corrected chi connectivity index (χ3v) is 3.37. The molecule has 2 rings (SSSR count). The minimum absolute atomic E-state index is 0.407. The minimum Gasteiger partial charge on any atom is -0.381 e. The van der Waals surface area contributed by atoms with E-state index in [9.17, 15) is 0 Å². The van der Waals surface area contributed by atoms with E-state index >= 15 is 0 Å². The number of ether oxygens (including phenoxy) is 1. The van der Waals surface area contributed by atoms with Gasteiger partial charge in [-0.05, 0) is 12.8 Å². The van der Waals surface area contributed by atoms with Gasteiger partial charge < -0.3 is 10.1 Å². The predicted molar refractivity (Wildman–Crippen MR) is 61.4 cm³/mol. The number of aromatic nitrogens is 2. The fourth-order valence-electron chi connectivity index (χ4n) is 1.58. The van der Waals surface area contributed by atoms with Crippen LogP contribution in [0.15, 0.2) is 0 Å². The first-order valence-corrected chi connectivity index (χ1v) is 6.09. The van der Waals surface area contributed by atoms with Crippen LogP contribution >= 0.6 is 11.5 Å². The van der Waals surface area contributed by atoms with Crippen LogP contribution in [0.3, 0.4) is 0 Å². The molecule has 0 aliphatic heterocycles. The molecule has 0 amide bonds. The van der Waals surface area contributed by atoms with Gasteiger partial charge in [0.25, 0.3) is 0 Å². The van der Waals surface area contributed by atoms with Crippen molar-refractivity contribution in [1.82, 2.24) is 9.36 Å². The van der Waals surface area contributed by atoms with E-state index in [0.29, 0.717) is 18.1 Å². The lowest BCUT2D eigenvalue weighted by Gasteiger charge is -2.34. The number of rotatable bonds is 4. The Kier molecular flexibility index (Phi) is 3.21. The van der Waals surface area contributed by atoms with Gasteiger partial charge in [-0.2, -0.15) is 4.37 Å². The number of nitrogens with zero attached hydrogens (tertiary/aromatic N) is 2. The first kappa shape index (κ1) is 10.8. The first-order chi connectivity index (χ1) is 7.19. The van der Waals surface area contributed by atoms with Crippen molar-refractivity contribution in [3.63, 3.8) is 0 Å². The summed E-state index contributed by atoms with van der Waals surface area (Å²) in [5.74, 6) is 1.34. The van der Waals surface area contributed by atoms with Gasteiger partial charge in [-0.3, -0.25) is 0 Å². The molecule has 0 atom stereocenters. The van der Waals surface area contributed by atoms with E-state index in [1.54, 1.807) is 7.11 Å². The average Bonchev–Trinajstić information content (AvgIpc) is 2.58. The molecule has 1 aliphatic rings. The third kappa shape index (κ3) is 2.46. The lowest BCUT2D eigenvalue weighted by atomic mass is 9.89. The molecule has 1 aromatic rings. The summed E-state index contributed by atoms with van der Waals surface area (Å²) in [4.78, 5) is 4.44. The molecule has 1 fully saturated rings. The third-order valence-electron chi connectivity index (χ3n) is 2.71. The molecule has 5 heteroatoms. The van der Waals surface area contributed by atoms with Gasteiger partial charge in [0.1, 0.15) is 5.82 Å². The molecule has 0 radical (unpaired) electrons. The van der Waals surface area contributed by atoms with Gasteiger partial charge in [0.2, 0.25) is 5.13 Å². The van der Waals surface area contributed by atoms with Crippen molar-refractivity contribution in [2.24, 2.45) is 0 Å². The number of hydrogen-bond acceptors (Lipinski definition) is 5. The summed E-state index contributed by atoms with van der Waals surface area (Å²) in [7, 11) is 1.77. The zero-order chi connectivity index (χ0) is 10.8. The average molecular weight is 227 g/mol. The second kappa shape index (κ2) is 4.45. The highest BCUT2D eigenvalue weighted by Crippen LogP contribution is 2.27. The van der Waals surface area contributed by atoms with E-state index in [1.807, 2.05) is 0 Å². The lowest BCUT2D eigenvalue weighted by Crippen LogP contribution is -2.40. The van der Waals surface area contributed by atoms with E-state index < -0.39 is 0 Å². The molecule has 15 heavy (non-hydrogen) atoms. The Morgan fingerprint density at radius 1 is 1.47 bits per heavy atom. The summed E-state index contributed by atoms with van der Waals surface area (Å²) in [5.41, 5.74) is 0. The monoisotopic (exact) mass is 227 g/mol. The van der Waals surface area contributed by atoms with E-state index in [-0.39, 0.29) is 0 Å². The van der Waals surface area contributed by atoms with Gasteiger partial charge in [0.15, 0.2) is 0 Å². The van der Waals surface area contributed by atoms with Gasteiger partial charge in [0.05, 0.1) is 6.10 Å². The normalized spacial score (nSPS) is 25.3. The van der Waals surface area contributed by atoms with Crippen LogP contribution < -0.4 is 5.32 Å². The minimum atomic E-state index is 0.407. The fourth-order valence-corrected chi connectivity index (χ4v) is 2.36. The zero-order valence-corrected chi connectivity index (χ0v) is 10.2. The Morgan fingerprint density at radius 2 is 2.20 bits per heavy atom. The Labute approximate surface area is 94.2 Å².